The lowest BCUT2D eigenvalue weighted by Crippen LogP contribution is -2.21. The van der Waals surface area contributed by atoms with Crippen molar-refractivity contribution in [3.8, 4) is 0 Å². The zero-order valence-electron chi connectivity index (χ0n) is 15.8. The zero-order valence-corrected chi connectivity index (χ0v) is 15.8. The summed E-state index contributed by atoms with van der Waals surface area (Å²) < 4.78 is 4.69. The van der Waals surface area contributed by atoms with Gasteiger partial charge in [-0.15, -0.1) is 0 Å². The molecule has 1 heterocycles. The first-order valence-corrected chi connectivity index (χ1v) is 8.48. The second-order valence-electron chi connectivity index (χ2n) is 6.38. The Morgan fingerprint density at radius 1 is 1.07 bits per heavy atom. The van der Waals surface area contributed by atoms with Crippen molar-refractivity contribution in [2.75, 3.05) is 31.1 Å². The SMILES string of the molecule is COC(=O)c1ccc(N2N=C(C)C(=Cc3ccc(N(C)C)cc3)C2=O)cc1. The summed E-state index contributed by atoms with van der Waals surface area (Å²) in [5.41, 5.74) is 4.23. The molecule has 1 amide bonds. The minimum atomic E-state index is -0.421. The van der Waals surface area contributed by atoms with Crippen LogP contribution in [-0.4, -0.2) is 38.8 Å². The molecule has 0 atom stereocenters. The lowest BCUT2D eigenvalue weighted by molar-refractivity contribution is -0.114. The normalized spacial score (nSPS) is 15.1. The number of rotatable bonds is 4. The maximum absolute atomic E-state index is 12.8. The van der Waals surface area contributed by atoms with Crippen molar-refractivity contribution in [2.24, 2.45) is 5.10 Å². The Morgan fingerprint density at radius 2 is 1.70 bits per heavy atom. The molecule has 0 aromatic heterocycles. The van der Waals surface area contributed by atoms with Crippen molar-refractivity contribution in [1.82, 2.24) is 0 Å². The van der Waals surface area contributed by atoms with Crippen LogP contribution in [0.1, 0.15) is 22.8 Å². The molecule has 6 heteroatoms. The Kier molecular flexibility index (Phi) is 5.07. The average molecular weight is 363 g/mol. The van der Waals surface area contributed by atoms with Crippen molar-refractivity contribution >= 4 is 35.0 Å². The maximum atomic E-state index is 12.8. The van der Waals surface area contributed by atoms with Crippen molar-refractivity contribution in [3.05, 3.63) is 65.2 Å². The molecule has 1 aliphatic rings. The van der Waals surface area contributed by atoms with Crippen LogP contribution in [0.15, 0.2) is 59.2 Å². The molecule has 0 radical (unpaired) electrons. The second-order valence-corrected chi connectivity index (χ2v) is 6.38. The number of nitrogens with zero attached hydrogens (tertiary/aromatic N) is 3. The number of amides is 1. The molecule has 2 aromatic carbocycles. The van der Waals surface area contributed by atoms with E-state index in [9.17, 15) is 9.59 Å². The van der Waals surface area contributed by atoms with E-state index in [-0.39, 0.29) is 5.91 Å². The highest BCUT2D eigenvalue weighted by molar-refractivity contribution is 6.32. The quantitative estimate of drug-likeness (QED) is 0.617. The number of carbonyl (C=O) groups excluding carboxylic acids is 2. The topological polar surface area (TPSA) is 62.2 Å². The number of esters is 1. The number of hydrazone groups is 1. The molecule has 0 spiro atoms. The Bertz CT molecular complexity index is 926. The van der Waals surface area contributed by atoms with Gasteiger partial charge in [0, 0.05) is 19.8 Å². The van der Waals surface area contributed by atoms with Crippen molar-refractivity contribution in [1.29, 1.82) is 0 Å². The van der Waals surface area contributed by atoms with Gasteiger partial charge in [0.1, 0.15) is 0 Å². The molecule has 0 N–H and O–H groups in total. The van der Waals surface area contributed by atoms with Gasteiger partial charge in [0.15, 0.2) is 0 Å². The summed E-state index contributed by atoms with van der Waals surface area (Å²) in [5, 5.41) is 5.71. The number of hydrogen-bond donors (Lipinski definition) is 0. The molecule has 0 saturated heterocycles. The smallest absolute Gasteiger partial charge is 0.337 e. The highest BCUT2D eigenvalue weighted by atomic mass is 16.5. The molecule has 1 aliphatic heterocycles. The number of ether oxygens (including phenoxy) is 1. The van der Waals surface area contributed by atoms with Gasteiger partial charge in [0.05, 0.1) is 29.6 Å². The molecule has 0 aliphatic carbocycles. The summed E-state index contributed by atoms with van der Waals surface area (Å²) in [6.07, 6.45) is 1.84. The Morgan fingerprint density at radius 3 is 2.26 bits per heavy atom. The first-order chi connectivity index (χ1) is 12.9. The summed E-state index contributed by atoms with van der Waals surface area (Å²) in [6, 6.07) is 14.5. The molecular formula is C21H21N3O3. The molecule has 0 saturated carbocycles. The molecular weight excluding hydrogens is 342 g/mol. The fourth-order valence-corrected chi connectivity index (χ4v) is 2.75. The third-order valence-electron chi connectivity index (χ3n) is 4.32. The van der Waals surface area contributed by atoms with Gasteiger partial charge in [-0.3, -0.25) is 4.79 Å². The van der Waals surface area contributed by atoms with Gasteiger partial charge in [-0.05, 0) is 55.0 Å². The highest BCUT2D eigenvalue weighted by Crippen LogP contribution is 2.26. The molecule has 3 rings (SSSR count). The van der Waals surface area contributed by atoms with Gasteiger partial charge in [0.2, 0.25) is 0 Å². The summed E-state index contributed by atoms with van der Waals surface area (Å²) in [6.45, 7) is 1.81. The van der Waals surface area contributed by atoms with E-state index in [0.717, 1.165) is 11.3 Å². The van der Waals surface area contributed by atoms with Crippen LogP contribution in [0.5, 0.6) is 0 Å². The predicted molar refractivity (Wildman–Crippen MR) is 107 cm³/mol. The van der Waals surface area contributed by atoms with Gasteiger partial charge in [-0.2, -0.15) is 10.1 Å². The van der Waals surface area contributed by atoms with Crippen LogP contribution in [0.2, 0.25) is 0 Å². The highest BCUT2D eigenvalue weighted by Gasteiger charge is 2.28. The van der Waals surface area contributed by atoms with Gasteiger partial charge < -0.3 is 9.64 Å². The van der Waals surface area contributed by atoms with E-state index in [0.29, 0.717) is 22.5 Å². The molecule has 0 fully saturated rings. The molecule has 138 valence electrons. The summed E-state index contributed by atoms with van der Waals surface area (Å²) >= 11 is 0. The fourth-order valence-electron chi connectivity index (χ4n) is 2.75. The van der Waals surface area contributed by atoms with Gasteiger partial charge in [-0.25, -0.2) is 4.79 Å². The van der Waals surface area contributed by atoms with Crippen molar-refractivity contribution < 1.29 is 14.3 Å². The largest absolute Gasteiger partial charge is 0.465 e. The fraction of sp³-hybridized carbons (Fsp3) is 0.190. The predicted octanol–water partition coefficient (Wildman–Crippen LogP) is 3.35. The summed E-state index contributed by atoms with van der Waals surface area (Å²) in [5.74, 6) is -0.620. The first-order valence-electron chi connectivity index (χ1n) is 8.48. The van der Waals surface area contributed by atoms with Crippen LogP contribution in [0.4, 0.5) is 11.4 Å². The lowest BCUT2D eigenvalue weighted by atomic mass is 10.1. The number of anilines is 2. The lowest BCUT2D eigenvalue weighted by Gasteiger charge is -2.12. The number of carbonyl (C=O) groups is 2. The molecule has 6 nitrogen and oxygen atoms in total. The van der Waals surface area contributed by atoms with E-state index >= 15 is 0 Å². The molecule has 0 unspecified atom stereocenters. The maximum Gasteiger partial charge on any atom is 0.337 e. The standard InChI is InChI=1S/C21H21N3O3/c1-14-19(13-15-5-9-17(10-6-15)23(2)3)20(25)24(22-14)18-11-7-16(8-12-18)21(26)27-4/h5-13H,1-4H3. The van der Waals surface area contributed by atoms with Crippen LogP contribution >= 0.6 is 0 Å². The number of methoxy groups -OCH3 is 1. The van der Waals surface area contributed by atoms with E-state index in [1.54, 1.807) is 31.2 Å². The van der Waals surface area contributed by atoms with E-state index in [2.05, 4.69) is 9.84 Å². The number of hydrogen-bond acceptors (Lipinski definition) is 5. The van der Waals surface area contributed by atoms with Gasteiger partial charge in [0.25, 0.3) is 5.91 Å². The van der Waals surface area contributed by atoms with Gasteiger partial charge in [-0.1, -0.05) is 12.1 Å². The summed E-state index contributed by atoms with van der Waals surface area (Å²) in [4.78, 5) is 26.4. The van der Waals surface area contributed by atoms with Crippen LogP contribution in [0, 0.1) is 0 Å². The van der Waals surface area contributed by atoms with E-state index in [1.807, 2.05) is 49.3 Å². The third-order valence-corrected chi connectivity index (χ3v) is 4.32. The van der Waals surface area contributed by atoms with Crippen molar-refractivity contribution in [2.45, 2.75) is 6.92 Å². The van der Waals surface area contributed by atoms with Crippen LogP contribution in [-0.2, 0) is 9.53 Å². The van der Waals surface area contributed by atoms with Crippen LogP contribution < -0.4 is 9.91 Å². The zero-order chi connectivity index (χ0) is 19.6. The minimum absolute atomic E-state index is 0.199. The number of benzene rings is 2. The van der Waals surface area contributed by atoms with Crippen LogP contribution in [0.3, 0.4) is 0 Å². The second kappa shape index (κ2) is 7.45. The first kappa shape index (κ1) is 18.4. The van der Waals surface area contributed by atoms with Crippen LogP contribution in [0.25, 0.3) is 6.08 Å². The molecule has 0 bridgehead atoms. The average Bonchev–Trinajstić information content (AvgIpc) is 2.96. The summed E-state index contributed by atoms with van der Waals surface area (Å²) in [7, 11) is 5.29. The van der Waals surface area contributed by atoms with Crippen molar-refractivity contribution in [3.63, 3.8) is 0 Å². The Labute approximate surface area is 158 Å². The van der Waals surface area contributed by atoms with E-state index in [4.69, 9.17) is 0 Å². The Hall–Kier alpha value is -3.41. The molecule has 27 heavy (non-hydrogen) atoms. The van der Waals surface area contributed by atoms with Gasteiger partial charge >= 0.3 is 5.97 Å². The molecule has 2 aromatic rings. The Balaban J connectivity index is 1.84. The third kappa shape index (κ3) is 3.74. The monoisotopic (exact) mass is 363 g/mol. The van der Waals surface area contributed by atoms with E-state index in [1.165, 1.54) is 12.1 Å². The minimum Gasteiger partial charge on any atom is -0.465 e. The van der Waals surface area contributed by atoms with E-state index < -0.39 is 5.97 Å².